The van der Waals surface area contributed by atoms with Crippen molar-refractivity contribution in [1.29, 1.82) is 0 Å². The van der Waals surface area contributed by atoms with Gasteiger partial charge in [-0.1, -0.05) is 37.5 Å². The van der Waals surface area contributed by atoms with E-state index < -0.39 is 0 Å². The quantitative estimate of drug-likeness (QED) is 0.880. The van der Waals surface area contributed by atoms with Gasteiger partial charge in [0.1, 0.15) is 5.69 Å². The number of hydrogen-bond acceptors (Lipinski definition) is 3. The summed E-state index contributed by atoms with van der Waals surface area (Å²) in [6.45, 7) is 0. The van der Waals surface area contributed by atoms with Crippen LogP contribution in [0.4, 0.5) is 5.69 Å². The summed E-state index contributed by atoms with van der Waals surface area (Å²) in [6, 6.07) is 9.56. The van der Waals surface area contributed by atoms with Crippen LogP contribution in [0.3, 0.4) is 0 Å². The van der Waals surface area contributed by atoms with Crippen molar-refractivity contribution in [1.82, 2.24) is 10.3 Å². The molecule has 0 atom stereocenters. The number of amides is 1. The third kappa shape index (κ3) is 2.59. The number of fused-ring (bicyclic) bond motifs is 1. The molecule has 0 unspecified atom stereocenters. The maximum atomic E-state index is 12.3. The summed E-state index contributed by atoms with van der Waals surface area (Å²) in [5, 5.41) is 3.96. The molecule has 3 rings (SSSR count). The summed E-state index contributed by atoms with van der Waals surface area (Å²) in [5.41, 5.74) is 7.78. The summed E-state index contributed by atoms with van der Waals surface area (Å²) in [5.74, 6) is -0.116. The van der Waals surface area contributed by atoms with Gasteiger partial charge < -0.3 is 11.1 Å². The summed E-state index contributed by atoms with van der Waals surface area (Å²) in [4.78, 5) is 16.7. The van der Waals surface area contributed by atoms with Crippen molar-refractivity contribution in [2.24, 2.45) is 0 Å². The van der Waals surface area contributed by atoms with Gasteiger partial charge in [0.2, 0.25) is 0 Å². The molecule has 0 aliphatic heterocycles. The second kappa shape index (κ2) is 5.49. The highest BCUT2D eigenvalue weighted by molar-refractivity contribution is 5.99. The Morgan fingerprint density at radius 2 is 1.95 bits per heavy atom. The van der Waals surface area contributed by atoms with Crippen molar-refractivity contribution in [3.63, 3.8) is 0 Å². The molecule has 1 aromatic heterocycles. The average Bonchev–Trinajstić information content (AvgIpc) is 2.48. The van der Waals surface area contributed by atoms with E-state index in [1.54, 1.807) is 6.07 Å². The number of rotatable bonds is 2. The van der Waals surface area contributed by atoms with Gasteiger partial charge in [-0.05, 0) is 25.0 Å². The number of nitrogen functional groups attached to an aromatic ring is 1. The van der Waals surface area contributed by atoms with Gasteiger partial charge in [-0.25, -0.2) is 4.98 Å². The topological polar surface area (TPSA) is 68.0 Å². The van der Waals surface area contributed by atoms with Crippen molar-refractivity contribution in [3.05, 3.63) is 36.0 Å². The molecule has 3 N–H and O–H groups in total. The van der Waals surface area contributed by atoms with Crippen molar-refractivity contribution >= 4 is 22.5 Å². The number of aromatic nitrogens is 1. The Hall–Kier alpha value is -2.10. The molecule has 4 nitrogen and oxygen atoms in total. The molecular formula is C16H19N3O. The average molecular weight is 269 g/mol. The van der Waals surface area contributed by atoms with Crippen molar-refractivity contribution in [3.8, 4) is 0 Å². The van der Waals surface area contributed by atoms with Gasteiger partial charge in [0.25, 0.3) is 5.91 Å². The number of nitrogens with zero attached hydrogens (tertiary/aromatic N) is 1. The minimum absolute atomic E-state index is 0.116. The van der Waals surface area contributed by atoms with Gasteiger partial charge in [0.15, 0.2) is 0 Å². The number of anilines is 1. The van der Waals surface area contributed by atoms with E-state index in [1.807, 2.05) is 24.3 Å². The predicted octanol–water partition coefficient (Wildman–Crippen LogP) is 2.88. The lowest BCUT2D eigenvalue weighted by atomic mass is 9.95. The Morgan fingerprint density at radius 1 is 1.20 bits per heavy atom. The summed E-state index contributed by atoms with van der Waals surface area (Å²) >= 11 is 0. The largest absolute Gasteiger partial charge is 0.398 e. The van der Waals surface area contributed by atoms with Crippen molar-refractivity contribution in [2.45, 2.75) is 38.1 Å². The third-order valence-electron chi connectivity index (χ3n) is 3.92. The summed E-state index contributed by atoms with van der Waals surface area (Å²) in [6.07, 6.45) is 5.79. The smallest absolute Gasteiger partial charge is 0.270 e. The molecule has 0 bridgehead atoms. The Morgan fingerprint density at radius 3 is 2.75 bits per heavy atom. The Labute approximate surface area is 118 Å². The number of benzene rings is 1. The van der Waals surface area contributed by atoms with Gasteiger partial charge in [0, 0.05) is 17.1 Å². The second-order valence-electron chi connectivity index (χ2n) is 5.42. The van der Waals surface area contributed by atoms with Crippen LogP contribution in [0.2, 0.25) is 0 Å². The van der Waals surface area contributed by atoms with Crippen LogP contribution < -0.4 is 11.1 Å². The predicted molar refractivity (Wildman–Crippen MR) is 80.5 cm³/mol. The minimum Gasteiger partial charge on any atom is -0.398 e. The zero-order valence-electron chi connectivity index (χ0n) is 11.4. The third-order valence-corrected chi connectivity index (χ3v) is 3.92. The van der Waals surface area contributed by atoms with E-state index in [1.165, 1.54) is 19.3 Å². The lowest BCUT2D eigenvalue weighted by Gasteiger charge is -2.22. The van der Waals surface area contributed by atoms with Gasteiger partial charge in [-0.15, -0.1) is 0 Å². The number of hydrogen-bond donors (Lipinski definition) is 2. The van der Waals surface area contributed by atoms with E-state index in [0.717, 1.165) is 23.7 Å². The van der Waals surface area contributed by atoms with E-state index in [9.17, 15) is 4.79 Å². The zero-order valence-corrected chi connectivity index (χ0v) is 11.4. The van der Waals surface area contributed by atoms with Crippen LogP contribution in [0, 0.1) is 0 Å². The summed E-state index contributed by atoms with van der Waals surface area (Å²) < 4.78 is 0. The van der Waals surface area contributed by atoms with Crippen LogP contribution in [0.15, 0.2) is 30.3 Å². The molecule has 1 aliphatic rings. The number of para-hydroxylation sites is 1. The number of nitrogens with one attached hydrogen (secondary N) is 1. The zero-order chi connectivity index (χ0) is 13.9. The Bertz CT molecular complexity index is 633. The second-order valence-corrected chi connectivity index (χ2v) is 5.42. The first-order valence-electron chi connectivity index (χ1n) is 7.20. The number of carbonyl (C=O) groups excluding carboxylic acids is 1. The first kappa shape index (κ1) is 12.9. The summed E-state index contributed by atoms with van der Waals surface area (Å²) in [7, 11) is 0. The van der Waals surface area contributed by atoms with Crippen LogP contribution in [0.25, 0.3) is 10.9 Å². The van der Waals surface area contributed by atoms with Crippen molar-refractivity contribution < 1.29 is 4.79 Å². The highest BCUT2D eigenvalue weighted by Gasteiger charge is 2.18. The molecule has 1 amide bonds. The molecule has 4 heteroatoms. The van der Waals surface area contributed by atoms with Crippen LogP contribution >= 0.6 is 0 Å². The molecule has 0 spiro atoms. The van der Waals surface area contributed by atoms with E-state index >= 15 is 0 Å². The van der Waals surface area contributed by atoms with Gasteiger partial charge in [0.05, 0.1) is 5.52 Å². The van der Waals surface area contributed by atoms with Crippen LogP contribution in [-0.4, -0.2) is 16.9 Å². The Kier molecular flexibility index (Phi) is 3.54. The fraction of sp³-hybridized carbons (Fsp3) is 0.375. The maximum absolute atomic E-state index is 12.3. The molecule has 1 aromatic carbocycles. The normalized spacial score (nSPS) is 16.2. The van der Waals surface area contributed by atoms with Crippen molar-refractivity contribution in [2.75, 3.05) is 5.73 Å². The number of nitrogens with two attached hydrogens (primary N) is 1. The molecule has 1 fully saturated rings. The lowest BCUT2D eigenvalue weighted by molar-refractivity contribution is 0.0923. The van der Waals surface area contributed by atoms with E-state index in [0.29, 0.717) is 11.4 Å². The molecule has 0 saturated heterocycles. The number of pyridine rings is 1. The maximum Gasteiger partial charge on any atom is 0.270 e. The van der Waals surface area contributed by atoms with Crippen LogP contribution in [-0.2, 0) is 0 Å². The van der Waals surface area contributed by atoms with Gasteiger partial charge >= 0.3 is 0 Å². The first-order valence-corrected chi connectivity index (χ1v) is 7.20. The monoisotopic (exact) mass is 269 g/mol. The molecule has 1 heterocycles. The molecular weight excluding hydrogens is 250 g/mol. The highest BCUT2D eigenvalue weighted by atomic mass is 16.1. The SMILES string of the molecule is Nc1cc(C(=O)NC2CCCCC2)nc2ccccc12. The fourth-order valence-electron chi connectivity index (χ4n) is 2.82. The van der Waals surface area contributed by atoms with Gasteiger partial charge in [-0.2, -0.15) is 0 Å². The molecule has 20 heavy (non-hydrogen) atoms. The van der Waals surface area contributed by atoms with E-state index in [4.69, 9.17) is 5.73 Å². The molecule has 0 radical (unpaired) electrons. The highest BCUT2D eigenvalue weighted by Crippen LogP contribution is 2.21. The molecule has 1 saturated carbocycles. The molecule has 1 aliphatic carbocycles. The lowest BCUT2D eigenvalue weighted by Crippen LogP contribution is -2.36. The molecule has 104 valence electrons. The standard InChI is InChI=1S/C16H19N3O/c17-13-10-15(19-14-9-5-4-8-12(13)14)16(20)18-11-6-2-1-3-7-11/h4-5,8-11H,1-3,6-7H2,(H2,17,19)(H,18,20). The van der Waals surface area contributed by atoms with Crippen LogP contribution in [0.1, 0.15) is 42.6 Å². The Balaban J connectivity index is 1.84. The van der Waals surface area contributed by atoms with E-state index in [2.05, 4.69) is 10.3 Å². The van der Waals surface area contributed by atoms with Gasteiger partial charge in [-0.3, -0.25) is 4.79 Å². The molecule has 2 aromatic rings. The number of carbonyl (C=O) groups is 1. The van der Waals surface area contributed by atoms with Crippen LogP contribution in [0.5, 0.6) is 0 Å². The fourth-order valence-corrected chi connectivity index (χ4v) is 2.82. The minimum atomic E-state index is -0.116. The first-order chi connectivity index (χ1) is 9.74. The van der Waals surface area contributed by atoms with E-state index in [-0.39, 0.29) is 11.9 Å².